The smallest absolute Gasteiger partial charge is 0.315 e. The van der Waals surface area contributed by atoms with Crippen molar-refractivity contribution in [3.8, 4) is 0 Å². The monoisotopic (exact) mass is 422 g/mol. The molecule has 1 saturated heterocycles. The summed E-state index contributed by atoms with van der Waals surface area (Å²) in [7, 11) is -2.89. The molecule has 0 radical (unpaired) electrons. The molecule has 1 heterocycles. The average molecular weight is 424 g/mol. The Morgan fingerprint density at radius 1 is 1.36 bits per heavy atom. The zero-order valence-corrected chi connectivity index (χ0v) is 14.7. The molecule has 4 nitrogen and oxygen atoms in total. The van der Waals surface area contributed by atoms with E-state index in [9.17, 15) is 21.6 Å². The van der Waals surface area contributed by atoms with Gasteiger partial charge in [-0.25, -0.2) is 8.42 Å². The summed E-state index contributed by atoms with van der Waals surface area (Å²) in [6.45, 7) is 1.09. The maximum absolute atomic E-state index is 13.1. The number of alkyl halides is 3. The van der Waals surface area contributed by atoms with Crippen molar-refractivity contribution in [2.45, 2.75) is 23.5 Å². The molecular formula is C12H15BrClF3N2O2S. The van der Waals surface area contributed by atoms with Crippen molar-refractivity contribution in [3.05, 3.63) is 28.2 Å². The van der Waals surface area contributed by atoms with Crippen LogP contribution in [0.5, 0.6) is 0 Å². The molecule has 0 bridgehead atoms. The second-order valence-electron chi connectivity index (χ2n) is 4.81. The molecule has 0 aliphatic carbocycles. The Bertz CT molecular complexity index is 634. The first-order valence-electron chi connectivity index (χ1n) is 6.19. The fourth-order valence-corrected chi connectivity index (χ4v) is 4.19. The summed E-state index contributed by atoms with van der Waals surface area (Å²) in [5.74, 6) is 0. The Balaban J connectivity index is 0.00000242. The minimum absolute atomic E-state index is 0. The van der Waals surface area contributed by atoms with Gasteiger partial charge in [-0.05, 0) is 31.2 Å². The third-order valence-corrected chi connectivity index (χ3v) is 5.91. The van der Waals surface area contributed by atoms with Crippen LogP contribution in [0.25, 0.3) is 0 Å². The predicted octanol–water partition coefficient (Wildman–Crippen LogP) is 2.87. The number of sulfonamides is 1. The van der Waals surface area contributed by atoms with Gasteiger partial charge in [0.1, 0.15) is 0 Å². The van der Waals surface area contributed by atoms with Gasteiger partial charge in [-0.15, -0.1) is 12.4 Å². The first-order chi connectivity index (χ1) is 9.64. The third-order valence-electron chi connectivity index (χ3n) is 3.45. The zero-order valence-electron chi connectivity index (χ0n) is 11.5. The van der Waals surface area contributed by atoms with Gasteiger partial charge in [0.2, 0.25) is 10.0 Å². The van der Waals surface area contributed by atoms with Crippen LogP contribution in [0, 0.1) is 0 Å². The summed E-state index contributed by atoms with van der Waals surface area (Å²) >= 11 is 2.94. The number of hydrogen-bond donors (Lipinski definition) is 1. The van der Waals surface area contributed by atoms with E-state index < -0.39 is 26.7 Å². The SMILES string of the molecule is CN(C1CCNC1)S(=O)(=O)c1ccc(Br)cc1C(F)(F)F.Cl. The molecule has 0 aromatic heterocycles. The van der Waals surface area contributed by atoms with Gasteiger partial charge < -0.3 is 5.32 Å². The van der Waals surface area contributed by atoms with E-state index in [1.54, 1.807) is 0 Å². The van der Waals surface area contributed by atoms with E-state index in [2.05, 4.69) is 21.2 Å². The Hall–Kier alpha value is -0.350. The molecule has 126 valence electrons. The van der Waals surface area contributed by atoms with E-state index in [0.29, 0.717) is 19.5 Å². The van der Waals surface area contributed by atoms with Crippen LogP contribution in [0.1, 0.15) is 12.0 Å². The molecule has 22 heavy (non-hydrogen) atoms. The van der Waals surface area contributed by atoms with Crippen molar-refractivity contribution >= 4 is 38.4 Å². The predicted molar refractivity (Wildman–Crippen MR) is 82.6 cm³/mol. The minimum atomic E-state index is -4.74. The molecule has 2 rings (SSSR count). The van der Waals surface area contributed by atoms with Crippen molar-refractivity contribution in [1.29, 1.82) is 0 Å². The van der Waals surface area contributed by atoms with Gasteiger partial charge in [0.25, 0.3) is 0 Å². The van der Waals surface area contributed by atoms with Crippen LogP contribution in [-0.4, -0.2) is 38.9 Å². The Kier molecular flexibility index (Phi) is 6.30. The lowest BCUT2D eigenvalue weighted by atomic mass is 10.2. The van der Waals surface area contributed by atoms with Crippen LogP contribution >= 0.6 is 28.3 Å². The molecule has 10 heteroatoms. The third kappa shape index (κ3) is 3.94. The van der Waals surface area contributed by atoms with Crippen LogP contribution < -0.4 is 5.32 Å². The number of nitrogens with zero attached hydrogens (tertiary/aromatic N) is 1. The Labute approximate surface area is 141 Å². The van der Waals surface area contributed by atoms with Crippen LogP contribution in [0.2, 0.25) is 0 Å². The van der Waals surface area contributed by atoms with Gasteiger partial charge in [0.05, 0.1) is 10.5 Å². The fraction of sp³-hybridized carbons (Fsp3) is 0.500. The van der Waals surface area contributed by atoms with Crippen molar-refractivity contribution in [3.63, 3.8) is 0 Å². The molecule has 0 spiro atoms. The molecule has 1 aliphatic rings. The summed E-state index contributed by atoms with van der Waals surface area (Å²) in [5.41, 5.74) is -1.16. The molecule has 0 saturated carbocycles. The molecule has 1 N–H and O–H groups in total. The molecule has 1 fully saturated rings. The number of rotatable bonds is 3. The lowest BCUT2D eigenvalue weighted by Crippen LogP contribution is -2.39. The Morgan fingerprint density at radius 3 is 2.50 bits per heavy atom. The van der Waals surface area contributed by atoms with Crippen LogP contribution in [0.15, 0.2) is 27.6 Å². The fourth-order valence-electron chi connectivity index (χ4n) is 2.25. The van der Waals surface area contributed by atoms with Crippen molar-refractivity contribution in [1.82, 2.24) is 9.62 Å². The van der Waals surface area contributed by atoms with Gasteiger partial charge in [-0.3, -0.25) is 0 Å². The summed E-state index contributed by atoms with van der Waals surface area (Å²) < 4.78 is 65.4. The van der Waals surface area contributed by atoms with Gasteiger partial charge in [-0.2, -0.15) is 17.5 Å². The van der Waals surface area contributed by atoms with Crippen molar-refractivity contribution < 1.29 is 21.6 Å². The highest BCUT2D eigenvalue weighted by Crippen LogP contribution is 2.37. The van der Waals surface area contributed by atoms with Crippen LogP contribution in [0.4, 0.5) is 13.2 Å². The van der Waals surface area contributed by atoms with Gasteiger partial charge in [-0.1, -0.05) is 15.9 Å². The summed E-state index contributed by atoms with van der Waals surface area (Å²) in [4.78, 5) is -0.715. The topological polar surface area (TPSA) is 49.4 Å². The summed E-state index contributed by atoms with van der Waals surface area (Å²) in [5, 5.41) is 2.99. The summed E-state index contributed by atoms with van der Waals surface area (Å²) in [6.07, 6.45) is -4.16. The largest absolute Gasteiger partial charge is 0.417 e. The quantitative estimate of drug-likeness (QED) is 0.813. The maximum Gasteiger partial charge on any atom is 0.417 e. The number of likely N-dealkylation sites (N-methyl/N-ethyl adjacent to an activating group) is 1. The first-order valence-corrected chi connectivity index (χ1v) is 8.43. The second-order valence-corrected chi connectivity index (χ2v) is 7.69. The molecule has 1 aromatic rings. The van der Waals surface area contributed by atoms with Gasteiger partial charge in [0, 0.05) is 24.1 Å². The maximum atomic E-state index is 13.1. The van der Waals surface area contributed by atoms with E-state index in [1.165, 1.54) is 13.1 Å². The number of nitrogens with one attached hydrogen (secondary N) is 1. The van der Waals surface area contributed by atoms with Crippen molar-refractivity contribution in [2.75, 3.05) is 20.1 Å². The number of halogens is 5. The highest BCUT2D eigenvalue weighted by atomic mass is 79.9. The lowest BCUT2D eigenvalue weighted by molar-refractivity contribution is -0.140. The van der Waals surface area contributed by atoms with E-state index in [-0.39, 0.29) is 22.9 Å². The van der Waals surface area contributed by atoms with E-state index >= 15 is 0 Å². The van der Waals surface area contributed by atoms with Crippen LogP contribution in [-0.2, 0) is 16.2 Å². The van der Waals surface area contributed by atoms with E-state index in [0.717, 1.165) is 16.4 Å². The van der Waals surface area contributed by atoms with Gasteiger partial charge in [0.15, 0.2) is 0 Å². The molecule has 1 aromatic carbocycles. The molecule has 1 atom stereocenters. The number of hydrogen-bond acceptors (Lipinski definition) is 3. The standard InChI is InChI=1S/C12H14BrF3N2O2S.ClH/c1-18(9-4-5-17-7-9)21(19,20)11-3-2-8(13)6-10(11)12(14,15)16;/h2-3,6,9,17H,4-5,7H2,1H3;1H. The highest BCUT2D eigenvalue weighted by Gasteiger charge is 2.40. The highest BCUT2D eigenvalue weighted by molar-refractivity contribution is 9.10. The average Bonchev–Trinajstić information content (AvgIpc) is 2.90. The Morgan fingerprint density at radius 2 is 2.00 bits per heavy atom. The molecular weight excluding hydrogens is 409 g/mol. The van der Waals surface area contributed by atoms with E-state index in [4.69, 9.17) is 0 Å². The zero-order chi connectivity index (χ0) is 15.8. The second kappa shape index (κ2) is 7.04. The molecule has 1 unspecified atom stereocenters. The minimum Gasteiger partial charge on any atom is -0.315 e. The van der Waals surface area contributed by atoms with Crippen molar-refractivity contribution in [2.24, 2.45) is 0 Å². The van der Waals surface area contributed by atoms with Gasteiger partial charge >= 0.3 is 6.18 Å². The lowest BCUT2D eigenvalue weighted by Gasteiger charge is -2.25. The summed E-state index contributed by atoms with van der Waals surface area (Å²) in [6, 6.07) is 2.73. The first kappa shape index (κ1) is 19.7. The van der Waals surface area contributed by atoms with Crippen LogP contribution in [0.3, 0.4) is 0 Å². The number of benzene rings is 1. The van der Waals surface area contributed by atoms with E-state index in [1.807, 2.05) is 0 Å². The molecule has 1 aliphatic heterocycles. The normalized spacial score (nSPS) is 19.3. The molecule has 0 amide bonds.